The topological polar surface area (TPSA) is 77.0 Å². The predicted octanol–water partition coefficient (Wildman–Crippen LogP) is 3.40. The molecule has 0 saturated carbocycles. The van der Waals surface area contributed by atoms with E-state index in [0.29, 0.717) is 6.54 Å². The first-order valence-corrected chi connectivity index (χ1v) is 8.14. The van der Waals surface area contributed by atoms with E-state index in [0.717, 1.165) is 34.0 Å². The third-order valence-corrected chi connectivity index (χ3v) is 4.80. The maximum Gasteiger partial charge on any atom is 0.148 e. The molecule has 3 heterocycles. The molecule has 1 atom stereocenters. The van der Waals surface area contributed by atoms with Crippen molar-refractivity contribution in [3.63, 3.8) is 0 Å². The minimum Gasteiger partial charge on any atom is -0.467 e. The molecule has 6 heteroatoms. The molecule has 0 spiro atoms. The number of nitrogens with zero attached hydrogens (tertiary/aromatic N) is 2. The molecular weight excluding hydrogens is 296 g/mol. The standard InChI is InChI=1S/C16H20N4OS/c1-9(17)7-13-10(2)14-15(22-13)16(20-11(3)19-14)18-8-12-5-4-6-21-12/h4-6,9H,7-8,17H2,1-3H3,(H,18,19,20)/t9-/m0/s1. The highest BCUT2D eigenvalue weighted by Crippen LogP contribution is 2.34. The summed E-state index contributed by atoms with van der Waals surface area (Å²) in [5, 5.41) is 3.36. The number of hydrogen-bond donors (Lipinski definition) is 2. The Hall–Kier alpha value is -1.92. The highest BCUT2D eigenvalue weighted by molar-refractivity contribution is 7.19. The summed E-state index contributed by atoms with van der Waals surface area (Å²) in [5.74, 6) is 2.51. The van der Waals surface area contributed by atoms with Crippen molar-refractivity contribution in [1.29, 1.82) is 0 Å². The van der Waals surface area contributed by atoms with Gasteiger partial charge in [0.05, 0.1) is 23.0 Å². The summed E-state index contributed by atoms with van der Waals surface area (Å²) in [6.07, 6.45) is 2.54. The van der Waals surface area contributed by atoms with Gasteiger partial charge in [0.25, 0.3) is 0 Å². The lowest BCUT2D eigenvalue weighted by Gasteiger charge is -2.06. The molecule has 22 heavy (non-hydrogen) atoms. The summed E-state index contributed by atoms with van der Waals surface area (Å²) < 4.78 is 6.45. The van der Waals surface area contributed by atoms with Crippen molar-refractivity contribution in [2.75, 3.05) is 5.32 Å². The van der Waals surface area contributed by atoms with Crippen molar-refractivity contribution >= 4 is 27.4 Å². The quantitative estimate of drug-likeness (QED) is 0.754. The Bertz CT molecular complexity index is 777. The second-order valence-corrected chi connectivity index (χ2v) is 6.67. The van der Waals surface area contributed by atoms with Crippen LogP contribution in [0.5, 0.6) is 0 Å². The van der Waals surface area contributed by atoms with Gasteiger partial charge >= 0.3 is 0 Å². The third kappa shape index (κ3) is 2.98. The van der Waals surface area contributed by atoms with Gasteiger partial charge in [-0.15, -0.1) is 11.3 Å². The van der Waals surface area contributed by atoms with Crippen LogP contribution in [-0.2, 0) is 13.0 Å². The fraction of sp³-hybridized carbons (Fsp3) is 0.375. The first-order chi connectivity index (χ1) is 10.5. The Morgan fingerprint density at radius 3 is 2.86 bits per heavy atom. The van der Waals surface area contributed by atoms with E-state index in [1.165, 1.54) is 10.4 Å². The van der Waals surface area contributed by atoms with Crippen molar-refractivity contribution in [1.82, 2.24) is 9.97 Å². The zero-order chi connectivity index (χ0) is 15.7. The molecule has 3 N–H and O–H groups in total. The van der Waals surface area contributed by atoms with Gasteiger partial charge in [0.1, 0.15) is 17.4 Å². The predicted molar refractivity (Wildman–Crippen MR) is 90.3 cm³/mol. The van der Waals surface area contributed by atoms with Gasteiger partial charge in [0.2, 0.25) is 0 Å². The van der Waals surface area contributed by atoms with Gasteiger partial charge in [-0.3, -0.25) is 0 Å². The van der Waals surface area contributed by atoms with E-state index in [1.54, 1.807) is 17.6 Å². The zero-order valence-electron chi connectivity index (χ0n) is 13.0. The van der Waals surface area contributed by atoms with Crippen molar-refractivity contribution in [3.05, 3.63) is 40.4 Å². The van der Waals surface area contributed by atoms with Crippen molar-refractivity contribution in [2.24, 2.45) is 5.73 Å². The van der Waals surface area contributed by atoms with Gasteiger partial charge in [-0.25, -0.2) is 9.97 Å². The van der Waals surface area contributed by atoms with Crippen molar-refractivity contribution < 1.29 is 4.42 Å². The molecule has 0 fully saturated rings. The van der Waals surface area contributed by atoms with Crippen LogP contribution in [0.1, 0.15) is 28.9 Å². The molecule has 0 aliphatic carbocycles. The van der Waals surface area contributed by atoms with E-state index in [4.69, 9.17) is 10.2 Å². The van der Waals surface area contributed by atoms with Gasteiger partial charge in [-0.1, -0.05) is 0 Å². The fourth-order valence-electron chi connectivity index (χ4n) is 2.44. The first kappa shape index (κ1) is 15.0. The molecular formula is C16H20N4OS. The number of nitrogens with one attached hydrogen (secondary N) is 1. The Kier molecular flexibility index (Phi) is 4.13. The number of furan rings is 1. The van der Waals surface area contributed by atoms with Crippen molar-refractivity contribution in [2.45, 2.75) is 39.8 Å². The van der Waals surface area contributed by atoms with Crippen molar-refractivity contribution in [3.8, 4) is 0 Å². The first-order valence-electron chi connectivity index (χ1n) is 7.33. The van der Waals surface area contributed by atoms with Crippen LogP contribution in [0.2, 0.25) is 0 Å². The van der Waals surface area contributed by atoms with E-state index >= 15 is 0 Å². The van der Waals surface area contributed by atoms with Gasteiger partial charge < -0.3 is 15.5 Å². The van der Waals surface area contributed by atoms with E-state index in [-0.39, 0.29) is 6.04 Å². The number of anilines is 1. The molecule has 0 aliphatic heterocycles. The third-order valence-electron chi connectivity index (χ3n) is 3.49. The van der Waals surface area contributed by atoms with Gasteiger partial charge in [-0.2, -0.15) is 0 Å². The maximum absolute atomic E-state index is 5.95. The van der Waals surface area contributed by atoms with E-state index in [1.807, 2.05) is 26.0 Å². The molecule has 0 radical (unpaired) electrons. The largest absolute Gasteiger partial charge is 0.467 e. The van der Waals surface area contributed by atoms with E-state index < -0.39 is 0 Å². The molecule has 0 bridgehead atoms. The van der Waals surface area contributed by atoms with Crippen LogP contribution in [0.3, 0.4) is 0 Å². The summed E-state index contributed by atoms with van der Waals surface area (Å²) in [7, 11) is 0. The lowest BCUT2D eigenvalue weighted by atomic mass is 10.1. The Labute approximate surface area is 133 Å². The number of rotatable bonds is 5. The molecule has 0 saturated heterocycles. The normalized spacial score (nSPS) is 12.7. The minimum atomic E-state index is 0.139. The van der Waals surface area contributed by atoms with Gasteiger partial charge in [0, 0.05) is 10.9 Å². The highest BCUT2D eigenvalue weighted by Gasteiger charge is 2.16. The molecule has 0 aromatic carbocycles. The number of nitrogens with two attached hydrogens (primary N) is 1. The van der Waals surface area contributed by atoms with Crippen LogP contribution in [0.15, 0.2) is 22.8 Å². The van der Waals surface area contributed by atoms with E-state index in [2.05, 4.69) is 22.2 Å². The number of aryl methyl sites for hydroxylation is 2. The molecule has 116 valence electrons. The average molecular weight is 316 g/mol. The van der Waals surface area contributed by atoms with Gasteiger partial charge in [0.15, 0.2) is 0 Å². The molecule has 5 nitrogen and oxygen atoms in total. The molecule has 0 amide bonds. The Balaban J connectivity index is 1.98. The second kappa shape index (κ2) is 6.06. The summed E-state index contributed by atoms with van der Waals surface area (Å²) in [6, 6.07) is 3.97. The Morgan fingerprint density at radius 2 is 2.18 bits per heavy atom. The van der Waals surface area contributed by atoms with Gasteiger partial charge in [-0.05, 0) is 44.9 Å². The second-order valence-electron chi connectivity index (χ2n) is 5.56. The molecule has 0 unspecified atom stereocenters. The monoisotopic (exact) mass is 316 g/mol. The van der Waals surface area contributed by atoms with Crippen LogP contribution >= 0.6 is 11.3 Å². The summed E-state index contributed by atoms with van der Waals surface area (Å²) in [5.41, 5.74) is 8.18. The minimum absolute atomic E-state index is 0.139. The fourth-order valence-corrected chi connectivity index (χ4v) is 3.79. The number of hydrogen-bond acceptors (Lipinski definition) is 6. The summed E-state index contributed by atoms with van der Waals surface area (Å²) >= 11 is 1.73. The molecule has 0 aliphatic rings. The summed E-state index contributed by atoms with van der Waals surface area (Å²) in [6.45, 7) is 6.66. The van der Waals surface area contributed by atoms with E-state index in [9.17, 15) is 0 Å². The summed E-state index contributed by atoms with van der Waals surface area (Å²) in [4.78, 5) is 10.4. The molecule has 3 aromatic rings. The van der Waals surface area contributed by atoms with Crippen LogP contribution in [0.25, 0.3) is 10.2 Å². The van der Waals surface area contributed by atoms with Crippen LogP contribution in [0, 0.1) is 13.8 Å². The lowest BCUT2D eigenvalue weighted by molar-refractivity contribution is 0.518. The average Bonchev–Trinajstić information content (AvgIpc) is 3.07. The Morgan fingerprint density at radius 1 is 1.36 bits per heavy atom. The van der Waals surface area contributed by atoms with Crippen LogP contribution in [-0.4, -0.2) is 16.0 Å². The smallest absolute Gasteiger partial charge is 0.148 e. The zero-order valence-corrected chi connectivity index (χ0v) is 13.8. The van der Waals surface area contributed by atoms with Crippen LogP contribution < -0.4 is 11.1 Å². The number of fused-ring (bicyclic) bond motifs is 1. The lowest BCUT2D eigenvalue weighted by Crippen LogP contribution is -2.17. The number of aromatic nitrogens is 2. The number of thiophene rings is 1. The molecule has 3 aromatic heterocycles. The SMILES string of the molecule is Cc1nc(NCc2ccco2)c2sc(C[C@H](C)N)c(C)c2n1. The maximum atomic E-state index is 5.95. The highest BCUT2D eigenvalue weighted by atomic mass is 32.1. The molecule has 3 rings (SSSR count). The van der Waals surface area contributed by atoms with Crippen LogP contribution in [0.4, 0.5) is 5.82 Å².